The quantitative estimate of drug-likeness (QED) is 0.860. The Hall–Kier alpha value is -1.51. The molecule has 1 saturated carbocycles. The summed E-state index contributed by atoms with van der Waals surface area (Å²) in [5, 5.41) is 6.24. The lowest BCUT2D eigenvalue weighted by molar-refractivity contribution is 0.0883. The van der Waals surface area contributed by atoms with Gasteiger partial charge in [-0.25, -0.2) is 0 Å². The number of hydrogen-bond acceptors (Lipinski definition) is 2. The summed E-state index contributed by atoms with van der Waals surface area (Å²) in [6.45, 7) is 2.16. The molecule has 2 rings (SSSR count). The highest BCUT2D eigenvalue weighted by Crippen LogP contribution is 2.27. The van der Waals surface area contributed by atoms with Crippen molar-refractivity contribution in [2.45, 2.75) is 44.6 Å². The lowest BCUT2D eigenvalue weighted by atomic mass is 9.83. The maximum absolute atomic E-state index is 12.2. The van der Waals surface area contributed by atoms with Crippen molar-refractivity contribution in [1.82, 2.24) is 5.32 Å². The molecule has 0 bridgehead atoms. The number of carbonyl (C=O) groups excluding carboxylic acids is 1. The number of amides is 1. The maximum Gasteiger partial charge on any atom is 0.251 e. The molecule has 0 unspecified atom stereocenters. The average Bonchev–Trinajstić information content (AvgIpc) is 2.39. The predicted molar refractivity (Wildman–Crippen MR) is 74.9 cm³/mol. The zero-order chi connectivity index (χ0) is 13.0. The van der Waals surface area contributed by atoms with E-state index in [9.17, 15) is 4.79 Å². The third-order valence-electron chi connectivity index (χ3n) is 3.81. The van der Waals surface area contributed by atoms with E-state index in [1.54, 1.807) is 0 Å². The first-order valence-corrected chi connectivity index (χ1v) is 6.73. The summed E-state index contributed by atoms with van der Waals surface area (Å²) < 4.78 is 0. The van der Waals surface area contributed by atoms with Crippen LogP contribution in [-0.4, -0.2) is 18.5 Å². The zero-order valence-electron chi connectivity index (χ0n) is 11.3. The highest BCUT2D eigenvalue weighted by molar-refractivity contribution is 5.95. The molecule has 98 valence electrons. The third-order valence-corrected chi connectivity index (χ3v) is 3.81. The van der Waals surface area contributed by atoms with E-state index >= 15 is 0 Å². The number of rotatable bonds is 3. The number of hydrogen-bond donors (Lipinski definition) is 2. The molecule has 3 heteroatoms. The second-order valence-electron chi connectivity index (χ2n) is 5.40. The van der Waals surface area contributed by atoms with E-state index in [2.05, 4.69) is 17.6 Å². The van der Waals surface area contributed by atoms with E-state index in [1.165, 1.54) is 19.3 Å². The summed E-state index contributed by atoms with van der Waals surface area (Å²) in [4.78, 5) is 12.2. The van der Waals surface area contributed by atoms with Crippen LogP contribution in [0.15, 0.2) is 24.3 Å². The number of carbonyl (C=O) groups is 1. The molecule has 1 aromatic rings. The standard InChI is InChI=1S/C15H22N2O/c1-15(10-4-3-5-11-15)17-14(18)12-6-8-13(16-2)9-7-12/h6-9,16H,3-5,10-11H2,1-2H3,(H,17,18). The van der Waals surface area contributed by atoms with Crippen molar-refractivity contribution >= 4 is 11.6 Å². The smallest absolute Gasteiger partial charge is 0.251 e. The summed E-state index contributed by atoms with van der Waals surface area (Å²) in [5.41, 5.74) is 1.74. The van der Waals surface area contributed by atoms with Crippen LogP contribution in [0.5, 0.6) is 0 Å². The summed E-state index contributed by atoms with van der Waals surface area (Å²) in [7, 11) is 1.87. The Kier molecular flexibility index (Phi) is 3.90. The van der Waals surface area contributed by atoms with E-state index in [-0.39, 0.29) is 11.4 Å². The highest BCUT2D eigenvalue weighted by atomic mass is 16.1. The Labute approximate surface area is 109 Å². The largest absolute Gasteiger partial charge is 0.388 e. The second kappa shape index (κ2) is 5.42. The van der Waals surface area contributed by atoms with Crippen LogP contribution in [0.25, 0.3) is 0 Å². The maximum atomic E-state index is 12.2. The van der Waals surface area contributed by atoms with Gasteiger partial charge >= 0.3 is 0 Å². The summed E-state index contributed by atoms with van der Waals surface area (Å²) in [5.74, 6) is 0.0436. The molecule has 18 heavy (non-hydrogen) atoms. The van der Waals surface area contributed by atoms with Crippen LogP contribution in [0.4, 0.5) is 5.69 Å². The first kappa shape index (κ1) is 12.9. The van der Waals surface area contributed by atoms with Crippen molar-refractivity contribution in [3.63, 3.8) is 0 Å². The van der Waals surface area contributed by atoms with Gasteiger partial charge in [0.1, 0.15) is 0 Å². The first-order valence-electron chi connectivity index (χ1n) is 6.73. The fourth-order valence-corrected chi connectivity index (χ4v) is 2.59. The van der Waals surface area contributed by atoms with Gasteiger partial charge in [0.2, 0.25) is 0 Å². The van der Waals surface area contributed by atoms with Gasteiger partial charge in [0, 0.05) is 23.8 Å². The molecule has 1 fully saturated rings. The predicted octanol–water partition coefficient (Wildman–Crippen LogP) is 3.18. The fourth-order valence-electron chi connectivity index (χ4n) is 2.59. The molecule has 1 aromatic carbocycles. The molecule has 1 aliphatic carbocycles. The topological polar surface area (TPSA) is 41.1 Å². The fraction of sp³-hybridized carbons (Fsp3) is 0.533. The Balaban J connectivity index is 2.02. The Morgan fingerprint density at radius 3 is 2.28 bits per heavy atom. The minimum absolute atomic E-state index is 0.0169. The number of anilines is 1. The molecule has 0 heterocycles. The molecule has 1 amide bonds. The zero-order valence-corrected chi connectivity index (χ0v) is 11.3. The van der Waals surface area contributed by atoms with Gasteiger partial charge in [-0.15, -0.1) is 0 Å². The van der Waals surface area contributed by atoms with Gasteiger partial charge in [-0.2, -0.15) is 0 Å². The van der Waals surface area contributed by atoms with E-state index < -0.39 is 0 Å². The summed E-state index contributed by atoms with van der Waals surface area (Å²) >= 11 is 0. The molecule has 0 aromatic heterocycles. The van der Waals surface area contributed by atoms with Crippen LogP contribution in [0.3, 0.4) is 0 Å². The van der Waals surface area contributed by atoms with Crippen molar-refractivity contribution in [3.05, 3.63) is 29.8 Å². The van der Waals surface area contributed by atoms with Crippen LogP contribution in [-0.2, 0) is 0 Å². The minimum atomic E-state index is -0.0169. The van der Waals surface area contributed by atoms with Gasteiger partial charge in [-0.1, -0.05) is 19.3 Å². The summed E-state index contributed by atoms with van der Waals surface area (Å²) in [6.07, 6.45) is 5.91. The van der Waals surface area contributed by atoms with E-state index in [0.717, 1.165) is 24.1 Å². The molecule has 0 radical (unpaired) electrons. The lowest BCUT2D eigenvalue weighted by Crippen LogP contribution is -2.47. The SMILES string of the molecule is CNc1ccc(C(=O)NC2(C)CCCCC2)cc1. The van der Waals surface area contributed by atoms with E-state index in [1.807, 2.05) is 31.3 Å². The second-order valence-corrected chi connectivity index (χ2v) is 5.40. The van der Waals surface area contributed by atoms with Gasteiger partial charge in [-0.05, 0) is 44.0 Å². The number of benzene rings is 1. The molecule has 0 atom stereocenters. The van der Waals surface area contributed by atoms with Crippen molar-refractivity contribution < 1.29 is 4.79 Å². The molecule has 2 N–H and O–H groups in total. The monoisotopic (exact) mass is 246 g/mol. The first-order chi connectivity index (χ1) is 8.63. The van der Waals surface area contributed by atoms with E-state index in [4.69, 9.17) is 0 Å². The van der Waals surface area contributed by atoms with Crippen LogP contribution in [0.1, 0.15) is 49.4 Å². The average molecular weight is 246 g/mol. The van der Waals surface area contributed by atoms with Crippen LogP contribution in [0, 0.1) is 0 Å². The Morgan fingerprint density at radius 1 is 1.11 bits per heavy atom. The molecule has 1 aliphatic rings. The van der Waals surface area contributed by atoms with E-state index in [0.29, 0.717) is 0 Å². The van der Waals surface area contributed by atoms with Crippen molar-refractivity contribution in [2.24, 2.45) is 0 Å². The number of nitrogens with one attached hydrogen (secondary N) is 2. The lowest BCUT2D eigenvalue weighted by Gasteiger charge is -2.34. The van der Waals surface area contributed by atoms with Crippen molar-refractivity contribution in [3.8, 4) is 0 Å². The highest BCUT2D eigenvalue weighted by Gasteiger charge is 2.28. The van der Waals surface area contributed by atoms with Crippen molar-refractivity contribution in [2.75, 3.05) is 12.4 Å². The van der Waals surface area contributed by atoms with Crippen molar-refractivity contribution in [1.29, 1.82) is 0 Å². The molecule has 0 aliphatic heterocycles. The molecule has 3 nitrogen and oxygen atoms in total. The van der Waals surface area contributed by atoms with Crippen LogP contribution < -0.4 is 10.6 Å². The molecular formula is C15H22N2O. The third kappa shape index (κ3) is 3.03. The van der Waals surface area contributed by atoms with Gasteiger partial charge in [0.15, 0.2) is 0 Å². The minimum Gasteiger partial charge on any atom is -0.388 e. The molecule has 0 spiro atoms. The Morgan fingerprint density at radius 2 is 1.72 bits per heavy atom. The van der Waals surface area contributed by atoms with Crippen LogP contribution in [0.2, 0.25) is 0 Å². The van der Waals surface area contributed by atoms with Gasteiger partial charge in [0.25, 0.3) is 5.91 Å². The molecule has 0 saturated heterocycles. The van der Waals surface area contributed by atoms with Gasteiger partial charge in [0.05, 0.1) is 0 Å². The Bertz CT molecular complexity index is 405. The van der Waals surface area contributed by atoms with Gasteiger partial charge < -0.3 is 10.6 Å². The normalized spacial score (nSPS) is 18.1. The van der Waals surface area contributed by atoms with Crippen LogP contribution >= 0.6 is 0 Å². The van der Waals surface area contributed by atoms with Gasteiger partial charge in [-0.3, -0.25) is 4.79 Å². The molecular weight excluding hydrogens is 224 g/mol. The summed E-state index contributed by atoms with van der Waals surface area (Å²) in [6, 6.07) is 7.59.